The molecule has 1 aliphatic carbocycles. The molecule has 1 N–H and O–H groups in total. The monoisotopic (exact) mass is 241 g/mol. The van der Waals surface area contributed by atoms with Crippen LogP contribution in [0, 0.1) is 0 Å². The number of rotatable bonds is 2. The second-order valence-electron chi connectivity index (χ2n) is 5.90. The van der Waals surface area contributed by atoms with Crippen molar-refractivity contribution in [1.29, 1.82) is 0 Å². The molecule has 0 heterocycles. The zero-order valence-electron chi connectivity index (χ0n) is 11.9. The van der Waals surface area contributed by atoms with Gasteiger partial charge in [0, 0.05) is 12.7 Å². The molecular formula is C17H23N. The maximum Gasteiger partial charge on any atom is 0.0340 e. The number of nitrogens with one attached hydrogen (secondary N) is 1. The van der Waals surface area contributed by atoms with Crippen LogP contribution < -0.4 is 5.32 Å². The average Bonchev–Trinajstić information content (AvgIpc) is 2.38. The molecular weight excluding hydrogens is 218 g/mol. The van der Waals surface area contributed by atoms with Gasteiger partial charge in [-0.1, -0.05) is 45.1 Å². The first-order valence-electron chi connectivity index (χ1n) is 6.72. The number of benzene rings is 1. The minimum absolute atomic E-state index is 0.161. The summed E-state index contributed by atoms with van der Waals surface area (Å²) in [6.45, 7) is 6.83. The molecule has 1 nitrogen and oxygen atoms in total. The van der Waals surface area contributed by atoms with Crippen molar-refractivity contribution < 1.29 is 0 Å². The summed E-state index contributed by atoms with van der Waals surface area (Å²) >= 11 is 0. The molecule has 0 unspecified atom stereocenters. The number of hydrogen-bond acceptors (Lipinski definition) is 1. The molecule has 0 amide bonds. The van der Waals surface area contributed by atoms with Crippen LogP contribution in [0.4, 0.5) is 5.69 Å². The Morgan fingerprint density at radius 1 is 1.11 bits per heavy atom. The van der Waals surface area contributed by atoms with Crippen molar-refractivity contribution in [2.75, 3.05) is 12.4 Å². The zero-order valence-corrected chi connectivity index (χ0v) is 11.9. The first-order chi connectivity index (χ1) is 8.52. The van der Waals surface area contributed by atoms with Gasteiger partial charge in [-0.2, -0.15) is 0 Å². The van der Waals surface area contributed by atoms with Gasteiger partial charge in [0.1, 0.15) is 0 Å². The summed E-state index contributed by atoms with van der Waals surface area (Å²) in [6, 6.07) is 6.68. The summed E-state index contributed by atoms with van der Waals surface area (Å²) in [5.74, 6) is 0. The molecule has 18 heavy (non-hydrogen) atoms. The minimum atomic E-state index is 0.161. The van der Waals surface area contributed by atoms with Gasteiger partial charge in [0.2, 0.25) is 0 Å². The van der Waals surface area contributed by atoms with Crippen molar-refractivity contribution in [3.8, 4) is 0 Å². The highest BCUT2D eigenvalue weighted by Gasteiger charge is 2.19. The number of allylic oxidation sites excluding steroid dienone is 4. The molecule has 0 radical (unpaired) electrons. The lowest BCUT2D eigenvalue weighted by Crippen LogP contribution is -2.14. The Kier molecular flexibility index (Phi) is 3.60. The molecule has 1 aliphatic rings. The lowest BCUT2D eigenvalue weighted by molar-refractivity contribution is 0.589. The van der Waals surface area contributed by atoms with Gasteiger partial charge in [0.15, 0.2) is 0 Å². The second-order valence-corrected chi connectivity index (χ2v) is 5.90. The van der Waals surface area contributed by atoms with Gasteiger partial charge < -0.3 is 5.32 Å². The van der Waals surface area contributed by atoms with E-state index in [2.05, 4.69) is 62.5 Å². The minimum Gasteiger partial charge on any atom is -0.388 e. The summed E-state index contributed by atoms with van der Waals surface area (Å²) < 4.78 is 0. The molecule has 0 fully saturated rings. The van der Waals surface area contributed by atoms with Crippen LogP contribution in [0.3, 0.4) is 0 Å². The summed E-state index contributed by atoms with van der Waals surface area (Å²) in [4.78, 5) is 0. The maximum atomic E-state index is 3.23. The van der Waals surface area contributed by atoms with Gasteiger partial charge in [-0.15, -0.1) is 0 Å². The molecule has 2 rings (SSSR count). The lowest BCUT2D eigenvalue weighted by atomic mass is 9.80. The zero-order chi connectivity index (χ0) is 13.2. The van der Waals surface area contributed by atoms with Gasteiger partial charge in [-0.25, -0.2) is 0 Å². The Hall–Kier alpha value is -1.50. The topological polar surface area (TPSA) is 12.0 Å². The van der Waals surface area contributed by atoms with E-state index in [0.29, 0.717) is 0 Å². The standard InChI is InChI=1S/C17H23N/c1-17(2,3)16-12-14(18-4)10-11-15(16)13-8-6-5-7-9-13/h6,8-12,18H,5,7H2,1-4H3. The molecule has 0 saturated carbocycles. The first-order valence-corrected chi connectivity index (χ1v) is 6.72. The van der Waals surface area contributed by atoms with Gasteiger partial charge in [0.05, 0.1) is 0 Å². The number of anilines is 1. The summed E-state index contributed by atoms with van der Waals surface area (Å²) in [6.07, 6.45) is 9.21. The SMILES string of the molecule is CNc1ccc(C2=CCCC=C2)c(C(C)(C)C)c1. The highest BCUT2D eigenvalue weighted by molar-refractivity contribution is 5.78. The smallest absolute Gasteiger partial charge is 0.0340 e. The van der Waals surface area contributed by atoms with E-state index in [-0.39, 0.29) is 5.41 Å². The quantitative estimate of drug-likeness (QED) is 0.787. The fourth-order valence-electron chi connectivity index (χ4n) is 2.39. The van der Waals surface area contributed by atoms with Crippen molar-refractivity contribution in [1.82, 2.24) is 0 Å². The number of hydrogen-bond donors (Lipinski definition) is 1. The van der Waals surface area contributed by atoms with Crippen LogP contribution >= 0.6 is 0 Å². The van der Waals surface area contributed by atoms with E-state index in [0.717, 1.165) is 6.42 Å². The van der Waals surface area contributed by atoms with Crippen LogP contribution in [0.5, 0.6) is 0 Å². The normalized spacial score (nSPS) is 15.4. The van der Waals surface area contributed by atoms with E-state index in [4.69, 9.17) is 0 Å². The Bertz CT molecular complexity index is 487. The summed E-state index contributed by atoms with van der Waals surface area (Å²) in [7, 11) is 1.97. The van der Waals surface area contributed by atoms with Crippen molar-refractivity contribution >= 4 is 11.3 Å². The van der Waals surface area contributed by atoms with Gasteiger partial charge >= 0.3 is 0 Å². The molecule has 0 atom stereocenters. The molecule has 0 aliphatic heterocycles. The highest BCUT2D eigenvalue weighted by Crippen LogP contribution is 2.34. The van der Waals surface area contributed by atoms with Crippen molar-refractivity contribution in [2.45, 2.75) is 39.0 Å². The van der Waals surface area contributed by atoms with Gasteiger partial charge in [0.25, 0.3) is 0 Å². The van der Waals surface area contributed by atoms with E-state index in [1.54, 1.807) is 0 Å². The molecule has 0 aromatic heterocycles. The predicted octanol–water partition coefficient (Wildman–Crippen LogP) is 4.76. The van der Waals surface area contributed by atoms with E-state index >= 15 is 0 Å². The van der Waals surface area contributed by atoms with Gasteiger partial charge in [-0.05, 0) is 47.1 Å². The van der Waals surface area contributed by atoms with E-state index in [1.807, 2.05) is 7.05 Å². The highest BCUT2D eigenvalue weighted by atomic mass is 14.8. The summed E-state index contributed by atoms with van der Waals surface area (Å²) in [5.41, 5.74) is 5.50. The van der Waals surface area contributed by atoms with Crippen LogP contribution in [-0.4, -0.2) is 7.05 Å². The largest absolute Gasteiger partial charge is 0.388 e. The van der Waals surface area contributed by atoms with Crippen LogP contribution in [0.2, 0.25) is 0 Å². The van der Waals surface area contributed by atoms with Crippen LogP contribution in [0.25, 0.3) is 5.57 Å². The van der Waals surface area contributed by atoms with Crippen molar-refractivity contribution in [3.05, 3.63) is 47.6 Å². The first kappa shape index (κ1) is 12.9. The molecule has 0 spiro atoms. The van der Waals surface area contributed by atoms with E-state index in [1.165, 1.54) is 28.8 Å². The third kappa shape index (κ3) is 2.66. The lowest BCUT2D eigenvalue weighted by Gasteiger charge is -2.25. The fourth-order valence-corrected chi connectivity index (χ4v) is 2.39. The third-order valence-corrected chi connectivity index (χ3v) is 3.42. The average molecular weight is 241 g/mol. The maximum absolute atomic E-state index is 3.23. The Balaban J connectivity index is 2.53. The predicted molar refractivity (Wildman–Crippen MR) is 81.0 cm³/mol. The van der Waals surface area contributed by atoms with Crippen LogP contribution in [0.15, 0.2) is 36.4 Å². The molecule has 0 saturated heterocycles. The molecule has 1 aromatic rings. The summed E-state index contributed by atoms with van der Waals surface area (Å²) in [5, 5.41) is 3.23. The van der Waals surface area contributed by atoms with Gasteiger partial charge in [-0.3, -0.25) is 0 Å². The molecule has 96 valence electrons. The third-order valence-electron chi connectivity index (χ3n) is 3.42. The fraction of sp³-hybridized carbons (Fsp3) is 0.412. The van der Waals surface area contributed by atoms with Crippen molar-refractivity contribution in [2.24, 2.45) is 0 Å². The second kappa shape index (κ2) is 5.01. The van der Waals surface area contributed by atoms with E-state index in [9.17, 15) is 0 Å². The Labute approximate surface area is 111 Å². The van der Waals surface area contributed by atoms with Crippen molar-refractivity contribution in [3.63, 3.8) is 0 Å². The van der Waals surface area contributed by atoms with E-state index < -0.39 is 0 Å². The molecule has 1 aromatic carbocycles. The van der Waals surface area contributed by atoms with Crippen LogP contribution in [0.1, 0.15) is 44.7 Å². The van der Waals surface area contributed by atoms with Crippen LogP contribution in [-0.2, 0) is 5.41 Å². The Morgan fingerprint density at radius 2 is 1.89 bits per heavy atom. The molecule has 1 heteroatoms. The Morgan fingerprint density at radius 3 is 2.44 bits per heavy atom. The molecule has 0 bridgehead atoms.